The monoisotopic (exact) mass is 461 g/mol. The predicted octanol–water partition coefficient (Wildman–Crippen LogP) is 4.52. The van der Waals surface area contributed by atoms with Gasteiger partial charge in [0, 0.05) is 18.5 Å². The van der Waals surface area contributed by atoms with Crippen LogP contribution < -0.4 is 10.1 Å². The number of ether oxygens (including phenoxy) is 1. The summed E-state index contributed by atoms with van der Waals surface area (Å²) in [6, 6.07) is 15.9. The predicted molar refractivity (Wildman–Crippen MR) is 128 cm³/mol. The van der Waals surface area contributed by atoms with E-state index in [-0.39, 0.29) is 42.1 Å². The first kappa shape index (κ1) is 23.5. The van der Waals surface area contributed by atoms with Crippen molar-refractivity contribution in [3.8, 4) is 5.75 Å². The molecule has 0 saturated carbocycles. The zero-order valence-corrected chi connectivity index (χ0v) is 20.1. The maximum absolute atomic E-state index is 13.1. The lowest BCUT2D eigenvalue weighted by atomic mass is 9.87. The fourth-order valence-electron chi connectivity index (χ4n) is 4.21. The number of nitrogens with one attached hydrogen (secondary N) is 1. The number of carbonyl (C=O) groups excluding carboxylic acids is 2. The van der Waals surface area contributed by atoms with Crippen LogP contribution in [0, 0.1) is 5.92 Å². The van der Waals surface area contributed by atoms with Gasteiger partial charge < -0.3 is 19.4 Å². The van der Waals surface area contributed by atoms with Crippen molar-refractivity contribution in [2.75, 3.05) is 6.54 Å². The number of amides is 2. The molecule has 2 heterocycles. The SMILES string of the molecule is CC(C)NC(=O)c1coc(COc2ccc3c(c2)[C@H](c2ccccc2)N(C(=O)C(C)C)CC3)n1. The van der Waals surface area contributed by atoms with Gasteiger partial charge in [0.05, 0.1) is 6.04 Å². The van der Waals surface area contributed by atoms with Crippen molar-refractivity contribution in [3.63, 3.8) is 0 Å². The second-order valence-electron chi connectivity index (χ2n) is 9.15. The van der Waals surface area contributed by atoms with Gasteiger partial charge in [-0.05, 0) is 49.1 Å². The van der Waals surface area contributed by atoms with E-state index in [1.54, 1.807) is 0 Å². The van der Waals surface area contributed by atoms with Gasteiger partial charge in [-0.15, -0.1) is 0 Å². The lowest BCUT2D eigenvalue weighted by Crippen LogP contribution is -2.42. The summed E-state index contributed by atoms with van der Waals surface area (Å²) >= 11 is 0. The average Bonchev–Trinajstić information content (AvgIpc) is 3.31. The van der Waals surface area contributed by atoms with Crippen LogP contribution in [0.3, 0.4) is 0 Å². The van der Waals surface area contributed by atoms with Crippen LogP contribution in [-0.2, 0) is 17.8 Å². The first-order valence-corrected chi connectivity index (χ1v) is 11.7. The first-order chi connectivity index (χ1) is 16.3. The van der Waals surface area contributed by atoms with Gasteiger partial charge in [-0.25, -0.2) is 4.98 Å². The molecule has 2 amide bonds. The van der Waals surface area contributed by atoms with Gasteiger partial charge in [-0.3, -0.25) is 9.59 Å². The van der Waals surface area contributed by atoms with Crippen molar-refractivity contribution < 1.29 is 18.7 Å². The van der Waals surface area contributed by atoms with Crippen molar-refractivity contribution in [2.45, 2.75) is 52.8 Å². The van der Waals surface area contributed by atoms with Gasteiger partial charge in [0.2, 0.25) is 11.8 Å². The number of fused-ring (bicyclic) bond motifs is 1. The third-order valence-corrected chi connectivity index (χ3v) is 5.80. The molecule has 1 atom stereocenters. The van der Waals surface area contributed by atoms with E-state index in [1.165, 1.54) is 11.8 Å². The lowest BCUT2D eigenvalue weighted by molar-refractivity contribution is -0.136. The topological polar surface area (TPSA) is 84.7 Å². The second kappa shape index (κ2) is 10.1. The summed E-state index contributed by atoms with van der Waals surface area (Å²) in [5, 5.41) is 2.79. The molecule has 7 nitrogen and oxygen atoms in total. The number of oxazole rings is 1. The standard InChI is InChI=1S/C27H31N3O4/c1-17(2)27(32)30-13-12-19-10-11-21(14-22(19)25(30)20-8-6-5-7-9-20)33-16-24-29-23(15-34-24)26(31)28-18(3)4/h5-11,14-15,17-18,25H,12-13,16H2,1-4H3,(H,28,31)/t25-/m0/s1. The van der Waals surface area contributed by atoms with Gasteiger partial charge in [-0.1, -0.05) is 50.2 Å². The molecule has 0 aliphatic carbocycles. The van der Waals surface area contributed by atoms with Gasteiger partial charge in [0.15, 0.2) is 12.3 Å². The van der Waals surface area contributed by atoms with E-state index in [0.29, 0.717) is 18.2 Å². The Kier molecular flexibility index (Phi) is 7.01. The molecule has 1 aliphatic rings. The van der Waals surface area contributed by atoms with Gasteiger partial charge in [0.25, 0.3) is 5.91 Å². The highest BCUT2D eigenvalue weighted by molar-refractivity contribution is 5.92. The van der Waals surface area contributed by atoms with E-state index >= 15 is 0 Å². The summed E-state index contributed by atoms with van der Waals surface area (Å²) in [6.07, 6.45) is 2.13. The van der Waals surface area contributed by atoms with Crippen LogP contribution in [0.15, 0.2) is 59.2 Å². The molecule has 0 unspecified atom stereocenters. The Bertz CT molecular complexity index is 1150. The molecule has 7 heteroatoms. The molecule has 1 N–H and O–H groups in total. The summed E-state index contributed by atoms with van der Waals surface area (Å²) in [4.78, 5) is 31.4. The van der Waals surface area contributed by atoms with E-state index < -0.39 is 0 Å². The molecule has 0 radical (unpaired) electrons. The fourth-order valence-corrected chi connectivity index (χ4v) is 4.21. The van der Waals surface area contributed by atoms with E-state index in [1.807, 2.05) is 62.9 Å². The smallest absolute Gasteiger partial charge is 0.273 e. The summed E-state index contributed by atoms with van der Waals surface area (Å²) in [5.74, 6) is 0.754. The summed E-state index contributed by atoms with van der Waals surface area (Å²) in [7, 11) is 0. The minimum absolute atomic E-state index is 0.0131. The van der Waals surface area contributed by atoms with Crippen LogP contribution in [0.1, 0.15) is 66.8 Å². The van der Waals surface area contributed by atoms with Gasteiger partial charge >= 0.3 is 0 Å². The van der Waals surface area contributed by atoms with Crippen molar-refractivity contribution >= 4 is 11.8 Å². The fraction of sp³-hybridized carbons (Fsp3) is 0.370. The van der Waals surface area contributed by atoms with Crippen molar-refractivity contribution in [1.82, 2.24) is 15.2 Å². The Morgan fingerprint density at radius 2 is 1.91 bits per heavy atom. The molecule has 0 fully saturated rings. The molecule has 178 valence electrons. The number of benzene rings is 2. The highest BCUT2D eigenvalue weighted by Gasteiger charge is 2.33. The number of aromatic nitrogens is 1. The lowest BCUT2D eigenvalue weighted by Gasteiger charge is -2.39. The molecule has 1 aromatic heterocycles. The average molecular weight is 462 g/mol. The third kappa shape index (κ3) is 5.14. The number of hydrogen-bond donors (Lipinski definition) is 1. The summed E-state index contributed by atoms with van der Waals surface area (Å²) in [5.41, 5.74) is 3.57. The van der Waals surface area contributed by atoms with Crippen LogP contribution in [0.2, 0.25) is 0 Å². The van der Waals surface area contributed by atoms with Crippen LogP contribution in [0.25, 0.3) is 0 Å². The van der Waals surface area contributed by atoms with Crippen LogP contribution in [-0.4, -0.2) is 34.3 Å². The van der Waals surface area contributed by atoms with Crippen molar-refractivity contribution in [3.05, 3.63) is 83.1 Å². The quantitative estimate of drug-likeness (QED) is 0.559. The minimum Gasteiger partial charge on any atom is -0.484 e. The number of carbonyl (C=O) groups is 2. The van der Waals surface area contributed by atoms with E-state index in [0.717, 1.165) is 17.5 Å². The molecule has 4 rings (SSSR count). The maximum Gasteiger partial charge on any atom is 0.273 e. The highest BCUT2D eigenvalue weighted by atomic mass is 16.5. The minimum atomic E-state index is -0.278. The van der Waals surface area contributed by atoms with E-state index in [4.69, 9.17) is 9.15 Å². The Hall–Kier alpha value is -3.61. The van der Waals surface area contributed by atoms with Gasteiger partial charge in [0.1, 0.15) is 12.0 Å². The molecular weight excluding hydrogens is 430 g/mol. The summed E-state index contributed by atoms with van der Waals surface area (Å²) in [6.45, 7) is 8.42. The largest absolute Gasteiger partial charge is 0.484 e. The molecule has 0 saturated heterocycles. The molecule has 0 spiro atoms. The highest BCUT2D eigenvalue weighted by Crippen LogP contribution is 2.38. The molecule has 0 bridgehead atoms. The molecule has 34 heavy (non-hydrogen) atoms. The van der Waals surface area contributed by atoms with Gasteiger partial charge in [-0.2, -0.15) is 0 Å². The Labute approximate surface area is 200 Å². The zero-order valence-electron chi connectivity index (χ0n) is 20.1. The first-order valence-electron chi connectivity index (χ1n) is 11.7. The maximum atomic E-state index is 13.1. The molecular formula is C27H31N3O4. The Balaban J connectivity index is 1.57. The molecule has 1 aliphatic heterocycles. The molecule has 3 aromatic rings. The van der Waals surface area contributed by atoms with Crippen LogP contribution in [0.4, 0.5) is 0 Å². The van der Waals surface area contributed by atoms with E-state index in [2.05, 4.69) is 28.5 Å². The Morgan fingerprint density at radius 1 is 1.15 bits per heavy atom. The third-order valence-electron chi connectivity index (χ3n) is 5.80. The molecule has 2 aromatic carbocycles. The van der Waals surface area contributed by atoms with Crippen molar-refractivity contribution in [1.29, 1.82) is 0 Å². The Morgan fingerprint density at radius 3 is 2.62 bits per heavy atom. The van der Waals surface area contributed by atoms with E-state index in [9.17, 15) is 9.59 Å². The number of nitrogens with zero attached hydrogens (tertiary/aromatic N) is 2. The summed E-state index contributed by atoms with van der Waals surface area (Å²) < 4.78 is 11.4. The normalized spacial score (nSPS) is 15.4. The second-order valence-corrected chi connectivity index (χ2v) is 9.15. The van der Waals surface area contributed by atoms with Crippen LogP contribution in [0.5, 0.6) is 5.75 Å². The van der Waals surface area contributed by atoms with Crippen molar-refractivity contribution in [2.24, 2.45) is 5.92 Å². The number of rotatable bonds is 7. The van der Waals surface area contributed by atoms with Crippen LogP contribution >= 0.6 is 0 Å². The number of hydrogen-bond acceptors (Lipinski definition) is 5. The zero-order chi connectivity index (χ0) is 24.2.